The van der Waals surface area contributed by atoms with Crippen molar-refractivity contribution in [2.24, 2.45) is 0 Å². The molecule has 0 spiro atoms. The van der Waals surface area contributed by atoms with Crippen molar-refractivity contribution < 1.29 is 34.1 Å². The van der Waals surface area contributed by atoms with Gasteiger partial charge in [-0.1, -0.05) is 463 Å². The molecular weight excluding hydrogens is 1850 g/mol. The van der Waals surface area contributed by atoms with Gasteiger partial charge in [0.2, 0.25) is 0 Å². The topological polar surface area (TPSA) is 135 Å². The summed E-state index contributed by atoms with van der Waals surface area (Å²) in [6.07, 6.45) is 158. The Hall–Kier alpha value is -3.87. The summed E-state index contributed by atoms with van der Waals surface area (Å²) in [4.78, 5) is 37.1. The fourth-order valence-electron chi connectivity index (χ4n) is 16.9. The number of esters is 2. The molecule has 2 aliphatic rings. The summed E-state index contributed by atoms with van der Waals surface area (Å²) in [6.45, 7) is 21.5. The molecule has 140 heavy (non-hydrogen) atoms. The number of nitrogens with one attached hydrogen (secondary N) is 1. The highest BCUT2D eigenvalue weighted by Gasteiger charge is 2.28. The number of alkyl halides is 2. The fourth-order valence-corrected chi connectivity index (χ4v) is 17.5. The van der Waals surface area contributed by atoms with Crippen molar-refractivity contribution in [3.63, 3.8) is 0 Å². The second-order valence-corrected chi connectivity index (χ2v) is 42.4. The number of carbonyl (C=O) groups excluding carboxylic acids is 2. The molecule has 3 N–H and O–H groups in total. The molecule has 816 valence electrons. The van der Waals surface area contributed by atoms with E-state index in [1.807, 2.05) is 0 Å². The van der Waals surface area contributed by atoms with Gasteiger partial charge in [-0.3, -0.25) is 19.3 Å². The van der Waals surface area contributed by atoms with Gasteiger partial charge < -0.3 is 25.0 Å². The Kier molecular flexibility index (Phi) is 126. The third-order valence-corrected chi connectivity index (χ3v) is 27.6. The Morgan fingerprint density at radius 2 is 0.457 bits per heavy atom. The molecule has 0 aromatic rings. The highest BCUT2D eigenvalue weighted by atomic mass is 79.9. The second-order valence-electron chi connectivity index (χ2n) is 40.9. The van der Waals surface area contributed by atoms with E-state index in [4.69, 9.17) is 14.6 Å². The summed E-state index contributed by atoms with van der Waals surface area (Å²) in [7, 11) is 0. The molecule has 2 saturated heterocycles. The molecule has 0 aliphatic carbocycles. The molecule has 3 unspecified atom stereocenters. The number of allylic oxidation sites excluding steroid dienone is 24. The molecule has 2 fully saturated rings. The summed E-state index contributed by atoms with van der Waals surface area (Å²) < 4.78 is 12.0. The first-order chi connectivity index (χ1) is 68.9. The number of unbranched alkanes of at least 4 members (excludes halogenated alkanes) is 54. The number of carbonyl (C=O) groups is 3. The zero-order valence-corrected chi connectivity index (χ0v) is 97.0. The van der Waals surface area contributed by atoms with Crippen molar-refractivity contribution in [1.82, 2.24) is 10.2 Å². The van der Waals surface area contributed by atoms with E-state index in [2.05, 4.69) is 243 Å². The van der Waals surface area contributed by atoms with E-state index in [0.717, 1.165) is 120 Å². The number of nitrogens with zero attached hydrogens (tertiary/aromatic N) is 1. The summed E-state index contributed by atoms with van der Waals surface area (Å²) in [5, 5.41) is 23.0. The second kappa shape index (κ2) is 126. The maximum absolute atomic E-state index is 12.6. The maximum Gasteiger partial charge on any atom is 0.306 e. The molecule has 3 atom stereocenters. The normalized spacial score (nSPS) is 14.4. The Morgan fingerprint density at radius 3 is 0.636 bits per heavy atom. The van der Waals surface area contributed by atoms with Crippen molar-refractivity contribution in [3.05, 3.63) is 146 Å². The van der Waals surface area contributed by atoms with Crippen LogP contribution in [-0.2, 0) is 23.9 Å². The van der Waals surface area contributed by atoms with Gasteiger partial charge in [-0.25, -0.2) is 0 Å². The van der Waals surface area contributed by atoms with E-state index in [-0.39, 0.29) is 36.7 Å². The number of halogens is 2. The minimum absolute atomic E-state index is 0.00507. The monoisotopic (exact) mass is 2080 g/mol. The predicted molar refractivity (Wildman–Crippen MR) is 631 cm³/mol. The molecule has 2 aliphatic heterocycles. The lowest BCUT2D eigenvalue weighted by molar-refractivity contribution is -0.151. The van der Waals surface area contributed by atoms with Crippen LogP contribution in [0.25, 0.3) is 0 Å². The molecule has 2 heterocycles. The van der Waals surface area contributed by atoms with Gasteiger partial charge in [0.1, 0.15) is 12.2 Å². The number of aliphatic hydroxyl groups excluding tert-OH is 1. The molecule has 11 heteroatoms. The zero-order valence-electron chi connectivity index (χ0n) is 93.8. The Labute approximate surface area is 889 Å². The van der Waals surface area contributed by atoms with E-state index in [1.165, 1.54) is 437 Å². The van der Waals surface area contributed by atoms with Gasteiger partial charge in [-0.05, 0) is 296 Å². The van der Waals surface area contributed by atoms with Gasteiger partial charge >= 0.3 is 17.9 Å². The number of rotatable bonds is 102. The van der Waals surface area contributed by atoms with Crippen molar-refractivity contribution in [3.8, 4) is 0 Å². The van der Waals surface area contributed by atoms with Crippen molar-refractivity contribution in [1.29, 1.82) is 0 Å². The summed E-state index contributed by atoms with van der Waals surface area (Å²) in [5.41, 5.74) is 0. The van der Waals surface area contributed by atoms with Crippen LogP contribution in [-0.4, -0.2) is 93.7 Å². The van der Waals surface area contributed by atoms with Crippen molar-refractivity contribution >= 4 is 49.8 Å². The number of hydrogen-bond acceptors (Lipinski definition) is 8. The van der Waals surface area contributed by atoms with Gasteiger partial charge in [0.25, 0.3) is 0 Å². The van der Waals surface area contributed by atoms with Crippen LogP contribution in [0.1, 0.15) is 595 Å². The van der Waals surface area contributed by atoms with Crippen LogP contribution in [0.15, 0.2) is 146 Å². The molecule has 0 aromatic carbocycles. The minimum Gasteiger partial charge on any atom is -0.481 e. The molecule has 0 amide bonds. The van der Waals surface area contributed by atoms with Crippen LogP contribution in [0.2, 0.25) is 0 Å². The lowest BCUT2D eigenvalue weighted by Gasteiger charge is -2.18. The number of ether oxygens (including phenoxy) is 2. The molecule has 9 nitrogen and oxygen atoms in total. The first-order valence-electron chi connectivity index (χ1n) is 60.6. The molecule has 0 saturated carbocycles. The van der Waals surface area contributed by atoms with Crippen LogP contribution < -0.4 is 5.32 Å². The van der Waals surface area contributed by atoms with E-state index in [9.17, 15) is 19.5 Å². The number of aliphatic hydroxyl groups is 1. The number of carboxylic acids is 1. The molecule has 0 aromatic heterocycles. The SMILES string of the molecule is CC1CN1.CCCCC/C=C\C/C=C\CCCCCCCCC(CCCCCCCC/C=C\C/C=C\CCCCC)OC(=O)CCCBr.CCCCC/C=C\C/C=C\CCCCCCCCC(CCCCCCCC/C=C\C/C=C\CCCCC)OC(=O)CCCN1CC1C.CCCCC/C=C\C/C=C\CCCCCCCCC(O)CCCCCCCC/C=C\C/C=C\CCCCC.O=C(O)CCCBr. The van der Waals surface area contributed by atoms with Crippen molar-refractivity contribution in [2.45, 2.75) is 625 Å². The lowest BCUT2D eigenvalue weighted by Crippen LogP contribution is -2.19. The van der Waals surface area contributed by atoms with Crippen LogP contribution in [0.5, 0.6) is 0 Å². The summed E-state index contributed by atoms with van der Waals surface area (Å²) >= 11 is 6.55. The molecule has 0 bridgehead atoms. The maximum atomic E-state index is 12.6. The molecular formula is C129H234Br2N2O7. The van der Waals surface area contributed by atoms with E-state index in [0.29, 0.717) is 18.9 Å². The summed E-state index contributed by atoms with van der Waals surface area (Å²) in [5.74, 6) is -0.696. The lowest BCUT2D eigenvalue weighted by atomic mass is 10.0. The minimum atomic E-state index is -0.723. The van der Waals surface area contributed by atoms with Crippen LogP contribution in [0, 0.1) is 0 Å². The van der Waals surface area contributed by atoms with Crippen LogP contribution in [0.3, 0.4) is 0 Å². The molecule has 0 radical (unpaired) electrons. The number of aliphatic carboxylic acids is 1. The average Bonchev–Trinajstić information content (AvgIpc) is 1.72. The van der Waals surface area contributed by atoms with E-state index >= 15 is 0 Å². The highest BCUT2D eigenvalue weighted by Crippen LogP contribution is 2.24. The number of hydrogen-bond donors (Lipinski definition) is 3. The average molecular weight is 2090 g/mol. The van der Waals surface area contributed by atoms with Gasteiger partial charge in [-0.15, -0.1) is 0 Å². The Morgan fingerprint density at radius 1 is 0.279 bits per heavy atom. The van der Waals surface area contributed by atoms with E-state index < -0.39 is 5.97 Å². The number of carboxylic acid groups (broad SMARTS) is 1. The Bertz CT molecular complexity index is 2700. The predicted octanol–water partition coefficient (Wildman–Crippen LogP) is 42.2. The third kappa shape index (κ3) is 130. The summed E-state index contributed by atoms with van der Waals surface area (Å²) in [6, 6.07) is 1.55. The smallest absolute Gasteiger partial charge is 0.306 e. The van der Waals surface area contributed by atoms with E-state index in [1.54, 1.807) is 0 Å². The van der Waals surface area contributed by atoms with Crippen LogP contribution in [0.4, 0.5) is 0 Å². The van der Waals surface area contributed by atoms with Gasteiger partial charge in [-0.2, -0.15) is 0 Å². The first kappa shape index (κ1) is 140. The Balaban J connectivity index is -0.00000191. The van der Waals surface area contributed by atoms with Gasteiger partial charge in [0, 0.05) is 55.1 Å². The molecule has 2 rings (SSSR count). The third-order valence-electron chi connectivity index (χ3n) is 26.4. The van der Waals surface area contributed by atoms with Crippen LogP contribution >= 0.6 is 31.9 Å². The highest BCUT2D eigenvalue weighted by molar-refractivity contribution is 9.09. The standard InChI is InChI=1S/C44H79NO2.C41H73BrO2.C37H68O.C4H7BrO2.C3H7N/c1-4-6-8-10-12-14-16-18-20-22-24-26-28-30-32-34-37-43(47-44(46)39-36-40-45-41-42(45)3)38-35-33-31-29-27-25-23-21-19-17-15-13-11-9-7-5-2;1-3-5-7-9-11-13-15-17-19-21-23-25-27-29-31-33-36-40(44-41(43)38-35-39-42)37-34-32-30-28-26-24-22-20-18-16-14-12-10-8-6-4-2;1-3-5-7-9-11-13-15-17-19-21-23-25-27-29-31-33-35-37(38)36-34-32-30-28-26-24-22-20-18-16-14-12-10-8-6-4-2;5-3-1-2-4(6)7;1-3-2-4-3/h12-15,18-21,42-43H,4-11,16-17,22-41H2,1-3H3;11-14,17-20,40H,3-10,15-16,21-39H2,1-2H3;11-14,17-20,37-38H,3-10,15-16,21-36H2,1-2H3;1-3H2,(H,6,7);3-4H,2H2,1H3/b14-12-,15-13-,20-18-,21-19-;2*13-11-,14-12-,19-17-,20-18-;;. The largest absolute Gasteiger partial charge is 0.481 e. The first-order valence-corrected chi connectivity index (χ1v) is 62.8. The zero-order chi connectivity index (χ0) is 102. The van der Waals surface area contributed by atoms with Crippen molar-refractivity contribution in [2.75, 3.05) is 30.3 Å². The fraction of sp³-hybridized carbons (Fsp3) is 0.791. The van der Waals surface area contributed by atoms with Gasteiger partial charge in [0.15, 0.2) is 0 Å². The quantitative estimate of drug-likeness (QED) is 0.0179. The van der Waals surface area contributed by atoms with Gasteiger partial charge in [0.05, 0.1) is 6.10 Å².